The zero-order chi connectivity index (χ0) is 18.8. The number of anilines is 1. The van der Waals surface area contributed by atoms with E-state index in [4.69, 9.17) is 4.74 Å². The normalized spacial score (nSPS) is 22.3. The van der Waals surface area contributed by atoms with Crippen molar-refractivity contribution in [3.05, 3.63) is 16.5 Å². The van der Waals surface area contributed by atoms with E-state index in [9.17, 15) is 19.2 Å². The highest BCUT2D eigenvalue weighted by Crippen LogP contribution is 2.38. The first-order valence-corrected chi connectivity index (χ1v) is 9.58. The number of hydrogen-bond acceptors (Lipinski definition) is 6. The van der Waals surface area contributed by atoms with Crippen LogP contribution >= 0.6 is 11.3 Å². The van der Waals surface area contributed by atoms with Crippen molar-refractivity contribution in [2.75, 3.05) is 19.0 Å². The number of amides is 3. The largest absolute Gasteiger partial charge is 0.465 e. The van der Waals surface area contributed by atoms with Crippen molar-refractivity contribution in [2.24, 2.45) is 11.8 Å². The molecule has 2 atom stereocenters. The number of thiophene rings is 1. The fourth-order valence-electron chi connectivity index (χ4n) is 3.70. The summed E-state index contributed by atoms with van der Waals surface area (Å²) in [5.41, 5.74) is 0.728. The minimum atomic E-state index is -0.441. The molecule has 0 radical (unpaired) electrons. The van der Waals surface area contributed by atoms with E-state index in [1.807, 2.05) is 0 Å². The number of nitrogens with zero attached hydrogens (tertiary/aromatic N) is 1. The molecule has 1 aliphatic carbocycles. The van der Waals surface area contributed by atoms with E-state index in [1.54, 1.807) is 13.0 Å². The molecule has 1 N–H and O–H groups in total. The second-order valence-corrected chi connectivity index (χ2v) is 7.79. The third kappa shape index (κ3) is 3.51. The van der Waals surface area contributed by atoms with E-state index >= 15 is 0 Å². The van der Waals surface area contributed by atoms with Crippen LogP contribution in [-0.2, 0) is 19.1 Å². The van der Waals surface area contributed by atoms with Gasteiger partial charge in [0.1, 0.15) is 4.88 Å². The van der Waals surface area contributed by atoms with E-state index in [-0.39, 0.29) is 42.5 Å². The number of hydrogen-bond donors (Lipinski definition) is 1. The number of nitrogens with one attached hydrogen (secondary N) is 1. The highest BCUT2D eigenvalue weighted by atomic mass is 32.1. The van der Waals surface area contributed by atoms with E-state index in [0.29, 0.717) is 9.88 Å². The molecular weight excluding hydrogens is 356 g/mol. The molecule has 1 aromatic rings. The van der Waals surface area contributed by atoms with Crippen molar-refractivity contribution in [1.82, 2.24) is 4.90 Å². The van der Waals surface area contributed by atoms with Crippen molar-refractivity contribution in [1.29, 1.82) is 0 Å². The minimum Gasteiger partial charge on any atom is -0.465 e. The van der Waals surface area contributed by atoms with Gasteiger partial charge in [-0.15, -0.1) is 11.3 Å². The van der Waals surface area contributed by atoms with Gasteiger partial charge in [0.05, 0.1) is 23.9 Å². The second-order valence-electron chi connectivity index (χ2n) is 6.74. The maximum absolute atomic E-state index is 12.4. The summed E-state index contributed by atoms with van der Waals surface area (Å²) >= 11 is 1.14. The first kappa shape index (κ1) is 18.6. The van der Waals surface area contributed by atoms with Gasteiger partial charge in [-0.2, -0.15) is 0 Å². The first-order chi connectivity index (χ1) is 12.4. The highest BCUT2D eigenvalue weighted by molar-refractivity contribution is 7.18. The van der Waals surface area contributed by atoms with Crippen molar-refractivity contribution >= 4 is 40.0 Å². The quantitative estimate of drug-likeness (QED) is 0.627. The van der Waals surface area contributed by atoms with Crippen LogP contribution < -0.4 is 5.32 Å². The lowest BCUT2D eigenvalue weighted by molar-refractivity contribution is -0.140. The Balaban J connectivity index is 1.57. The Morgan fingerprint density at radius 2 is 1.85 bits per heavy atom. The average molecular weight is 378 g/mol. The van der Waals surface area contributed by atoms with Crippen LogP contribution in [0.5, 0.6) is 0 Å². The molecule has 1 aromatic heterocycles. The van der Waals surface area contributed by atoms with Gasteiger partial charge < -0.3 is 10.1 Å². The van der Waals surface area contributed by atoms with Gasteiger partial charge in [0.25, 0.3) is 0 Å². The molecule has 0 spiro atoms. The van der Waals surface area contributed by atoms with Crippen molar-refractivity contribution in [2.45, 2.75) is 39.0 Å². The molecule has 0 aromatic carbocycles. The summed E-state index contributed by atoms with van der Waals surface area (Å²) in [6, 6.07) is 1.70. The van der Waals surface area contributed by atoms with Gasteiger partial charge in [-0.1, -0.05) is 12.8 Å². The van der Waals surface area contributed by atoms with Gasteiger partial charge >= 0.3 is 5.97 Å². The molecule has 26 heavy (non-hydrogen) atoms. The topological polar surface area (TPSA) is 92.8 Å². The Morgan fingerprint density at radius 1 is 1.23 bits per heavy atom. The van der Waals surface area contributed by atoms with E-state index in [2.05, 4.69) is 5.32 Å². The number of esters is 1. The summed E-state index contributed by atoms with van der Waals surface area (Å²) in [4.78, 5) is 50.3. The number of aryl methyl sites for hydroxylation is 1. The molecule has 3 amide bonds. The monoisotopic (exact) mass is 378 g/mol. The molecule has 8 heteroatoms. The number of fused-ring (bicyclic) bond motifs is 1. The molecule has 0 unspecified atom stereocenters. The lowest BCUT2D eigenvalue weighted by Crippen LogP contribution is -2.34. The summed E-state index contributed by atoms with van der Waals surface area (Å²) in [5.74, 6) is -1.38. The molecule has 1 aliphatic heterocycles. The molecule has 7 nitrogen and oxygen atoms in total. The van der Waals surface area contributed by atoms with E-state index in [0.717, 1.165) is 42.6 Å². The predicted octanol–water partition coefficient (Wildman–Crippen LogP) is 2.35. The summed E-state index contributed by atoms with van der Waals surface area (Å²) in [6.07, 6.45) is 3.54. The van der Waals surface area contributed by atoms with Crippen molar-refractivity contribution < 1.29 is 23.9 Å². The molecule has 1 saturated carbocycles. The Labute approximate surface area is 155 Å². The molecule has 2 aliphatic rings. The fraction of sp³-hybridized carbons (Fsp3) is 0.556. The number of ether oxygens (including phenoxy) is 1. The van der Waals surface area contributed by atoms with Crippen LogP contribution in [-0.4, -0.2) is 42.2 Å². The average Bonchev–Trinajstić information content (AvgIpc) is 3.11. The first-order valence-electron chi connectivity index (χ1n) is 8.76. The van der Waals surface area contributed by atoms with Crippen LogP contribution in [0, 0.1) is 18.8 Å². The van der Waals surface area contributed by atoms with Crippen LogP contribution in [0.4, 0.5) is 5.00 Å². The van der Waals surface area contributed by atoms with Crippen molar-refractivity contribution in [3.63, 3.8) is 0 Å². The Bertz CT molecular complexity index is 733. The van der Waals surface area contributed by atoms with Gasteiger partial charge in [0.15, 0.2) is 0 Å². The zero-order valence-electron chi connectivity index (χ0n) is 14.9. The zero-order valence-corrected chi connectivity index (χ0v) is 15.7. The SMILES string of the molecule is COC(=O)c1sc(NC(=O)CCN2C(=O)[C@@H]3CCCC[C@H]3C2=O)cc1C. The maximum atomic E-state index is 12.4. The number of carbonyl (C=O) groups excluding carboxylic acids is 4. The molecule has 0 bridgehead atoms. The van der Waals surface area contributed by atoms with Gasteiger partial charge in [-0.3, -0.25) is 19.3 Å². The van der Waals surface area contributed by atoms with Crippen LogP contribution in [0.2, 0.25) is 0 Å². The van der Waals surface area contributed by atoms with Gasteiger partial charge in [0.2, 0.25) is 17.7 Å². The van der Waals surface area contributed by atoms with Gasteiger partial charge in [-0.25, -0.2) is 4.79 Å². The highest BCUT2D eigenvalue weighted by Gasteiger charge is 2.47. The standard InChI is InChI=1S/C18H22N2O5S/c1-10-9-14(26-15(10)18(24)25-2)19-13(21)7-8-20-16(22)11-5-3-4-6-12(11)17(20)23/h9,11-12H,3-8H2,1-2H3,(H,19,21)/t11-,12-/m1/s1. The van der Waals surface area contributed by atoms with Crippen LogP contribution in [0.3, 0.4) is 0 Å². The Kier molecular flexibility index (Phi) is 5.41. The number of imide groups is 1. The molecule has 2 heterocycles. The number of methoxy groups -OCH3 is 1. The summed E-state index contributed by atoms with van der Waals surface area (Å²) < 4.78 is 4.70. The molecule has 1 saturated heterocycles. The molecule has 2 fully saturated rings. The predicted molar refractivity (Wildman–Crippen MR) is 95.8 cm³/mol. The molecule has 140 valence electrons. The molecular formula is C18H22N2O5S. The molecule has 3 rings (SSSR count). The van der Waals surface area contributed by atoms with Crippen LogP contribution in [0.25, 0.3) is 0 Å². The van der Waals surface area contributed by atoms with Crippen molar-refractivity contribution in [3.8, 4) is 0 Å². The summed E-state index contributed by atoms with van der Waals surface area (Å²) in [6.45, 7) is 1.87. The third-order valence-corrected chi connectivity index (χ3v) is 6.18. The smallest absolute Gasteiger partial charge is 0.348 e. The Morgan fingerprint density at radius 3 is 2.42 bits per heavy atom. The van der Waals surface area contributed by atoms with E-state index < -0.39 is 5.97 Å². The van der Waals surface area contributed by atoms with Crippen LogP contribution in [0.15, 0.2) is 6.07 Å². The lowest BCUT2D eigenvalue weighted by atomic mass is 9.81. The third-order valence-electron chi connectivity index (χ3n) is 5.05. The Hall–Kier alpha value is -2.22. The number of rotatable bonds is 5. The summed E-state index contributed by atoms with van der Waals surface area (Å²) in [5, 5.41) is 3.26. The fourth-order valence-corrected chi connectivity index (χ4v) is 4.71. The minimum absolute atomic E-state index is 0.0431. The number of likely N-dealkylation sites (tertiary alicyclic amines) is 1. The van der Waals surface area contributed by atoms with Crippen LogP contribution in [0.1, 0.15) is 47.3 Å². The summed E-state index contributed by atoms with van der Waals surface area (Å²) in [7, 11) is 1.31. The lowest BCUT2D eigenvalue weighted by Gasteiger charge is -2.19. The maximum Gasteiger partial charge on any atom is 0.348 e. The van der Waals surface area contributed by atoms with Gasteiger partial charge in [0, 0.05) is 13.0 Å². The number of carbonyl (C=O) groups is 4. The van der Waals surface area contributed by atoms with Gasteiger partial charge in [-0.05, 0) is 31.4 Å². The second kappa shape index (κ2) is 7.57. The van der Waals surface area contributed by atoms with E-state index in [1.165, 1.54) is 12.0 Å².